The molecule has 0 aliphatic carbocycles. The summed E-state index contributed by atoms with van der Waals surface area (Å²) in [6.45, 7) is 5.99. The Morgan fingerprint density at radius 2 is 1.48 bits per heavy atom. The molecule has 1 aromatic rings. The van der Waals surface area contributed by atoms with Crippen LogP contribution >= 0.6 is 0 Å². The molecule has 1 rings (SSSR count). The van der Waals surface area contributed by atoms with Gasteiger partial charge >= 0.3 is 5.97 Å². The largest absolute Gasteiger partial charge is 0.476 e. The molecule has 0 bridgehead atoms. The standard InChI is InChI=1S/C21H36FNO2/c1-4-5-6-7-8-9-10-11-12-13-14-15-18-16-23(17(2)3)20(19(18)22)21(24)25/h16-17H,4-15H2,1-3H3,(H,24,25). The van der Waals surface area contributed by atoms with Crippen LogP contribution in [0.15, 0.2) is 6.20 Å². The topological polar surface area (TPSA) is 42.2 Å². The van der Waals surface area contributed by atoms with Gasteiger partial charge in [0.25, 0.3) is 0 Å². The monoisotopic (exact) mass is 353 g/mol. The molecule has 0 unspecified atom stereocenters. The Morgan fingerprint density at radius 3 is 1.88 bits per heavy atom. The third kappa shape index (κ3) is 7.62. The number of rotatable bonds is 14. The molecule has 0 amide bonds. The lowest BCUT2D eigenvalue weighted by Crippen LogP contribution is -2.11. The van der Waals surface area contributed by atoms with Crippen molar-refractivity contribution in [1.82, 2.24) is 4.57 Å². The first-order valence-corrected chi connectivity index (χ1v) is 10.1. The molecule has 0 aromatic carbocycles. The van der Waals surface area contributed by atoms with E-state index in [0.717, 1.165) is 12.8 Å². The van der Waals surface area contributed by atoms with Crippen molar-refractivity contribution in [1.29, 1.82) is 0 Å². The third-order valence-corrected chi connectivity index (χ3v) is 4.85. The SMILES string of the molecule is CCCCCCCCCCCCCc1cn(C(C)C)c(C(=O)O)c1F. The maximum Gasteiger partial charge on any atom is 0.355 e. The van der Waals surface area contributed by atoms with E-state index in [1.165, 1.54) is 62.4 Å². The van der Waals surface area contributed by atoms with Crippen molar-refractivity contribution in [3.05, 3.63) is 23.3 Å². The fraction of sp³-hybridized carbons (Fsp3) is 0.762. The van der Waals surface area contributed by atoms with Crippen LogP contribution in [0, 0.1) is 5.82 Å². The molecule has 1 heterocycles. The summed E-state index contributed by atoms with van der Waals surface area (Å²) in [4.78, 5) is 11.3. The molecule has 0 spiro atoms. The van der Waals surface area contributed by atoms with Crippen molar-refractivity contribution < 1.29 is 14.3 Å². The van der Waals surface area contributed by atoms with Crippen LogP contribution in [0.2, 0.25) is 0 Å². The van der Waals surface area contributed by atoms with E-state index >= 15 is 0 Å². The van der Waals surface area contributed by atoms with Gasteiger partial charge in [-0.3, -0.25) is 0 Å². The fourth-order valence-corrected chi connectivity index (χ4v) is 3.32. The zero-order valence-corrected chi connectivity index (χ0v) is 16.3. The van der Waals surface area contributed by atoms with E-state index in [9.17, 15) is 14.3 Å². The summed E-state index contributed by atoms with van der Waals surface area (Å²) < 4.78 is 15.8. The molecule has 0 saturated carbocycles. The van der Waals surface area contributed by atoms with Gasteiger partial charge < -0.3 is 9.67 Å². The van der Waals surface area contributed by atoms with Crippen LogP contribution in [0.25, 0.3) is 0 Å². The zero-order valence-electron chi connectivity index (χ0n) is 16.3. The summed E-state index contributed by atoms with van der Waals surface area (Å²) >= 11 is 0. The number of hydrogen-bond donors (Lipinski definition) is 1. The van der Waals surface area contributed by atoms with Crippen molar-refractivity contribution in [2.45, 2.75) is 104 Å². The number of aromatic carboxylic acids is 1. The molecular weight excluding hydrogens is 317 g/mol. The summed E-state index contributed by atoms with van der Waals surface area (Å²) in [5, 5.41) is 9.21. The van der Waals surface area contributed by atoms with Gasteiger partial charge in [-0.2, -0.15) is 0 Å². The first-order chi connectivity index (χ1) is 12.0. The Kier molecular flexibility index (Phi) is 10.5. The number of nitrogens with zero attached hydrogens (tertiary/aromatic N) is 1. The minimum Gasteiger partial charge on any atom is -0.476 e. The second-order valence-corrected chi connectivity index (χ2v) is 7.41. The number of carbonyl (C=O) groups is 1. The van der Waals surface area contributed by atoms with E-state index in [0.29, 0.717) is 12.0 Å². The summed E-state index contributed by atoms with van der Waals surface area (Å²) in [7, 11) is 0. The summed E-state index contributed by atoms with van der Waals surface area (Å²) in [5.74, 6) is -1.73. The number of carboxylic acids is 1. The molecule has 1 aromatic heterocycles. The smallest absolute Gasteiger partial charge is 0.355 e. The Balaban J connectivity index is 2.22. The van der Waals surface area contributed by atoms with Gasteiger partial charge in [-0.15, -0.1) is 0 Å². The summed E-state index contributed by atoms with van der Waals surface area (Å²) in [6, 6.07) is -0.0494. The molecule has 25 heavy (non-hydrogen) atoms. The van der Waals surface area contributed by atoms with Gasteiger partial charge in [-0.1, -0.05) is 71.1 Å². The van der Waals surface area contributed by atoms with Crippen molar-refractivity contribution in [2.24, 2.45) is 0 Å². The van der Waals surface area contributed by atoms with Crippen LogP contribution in [-0.4, -0.2) is 15.6 Å². The maximum atomic E-state index is 14.3. The Hall–Kier alpha value is -1.32. The van der Waals surface area contributed by atoms with Gasteiger partial charge in [0, 0.05) is 17.8 Å². The lowest BCUT2D eigenvalue weighted by Gasteiger charge is -2.09. The van der Waals surface area contributed by atoms with E-state index in [4.69, 9.17) is 0 Å². The average molecular weight is 354 g/mol. The van der Waals surface area contributed by atoms with Crippen LogP contribution in [0.1, 0.15) is 113 Å². The quantitative estimate of drug-likeness (QED) is 0.375. The predicted molar refractivity (Wildman–Crippen MR) is 102 cm³/mol. The van der Waals surface area contributed by atoms with Gasteiger partial charge in [0.1, 0.15) is 0 Å². The molecule has 0 aliphatic rings. The zero-order chi connectivity index (χ0) is 18.7. The first kappa shape index (κ1) is 21.7. The summed E-state index contributed by atoms with van der Waals surface area (Å²) in [6.07, 6.45) is 16.1. The molecule has 0 saturated heterocycles. The second-order valence-electron chi connectivity index (χ2n) is 7.41. The van der Waals surface area contributed by atoms with Crippen LogP contribution in [0.4, 0.5) is 4.39 Å². The van der Waals surface area contributed by atoms with Crippen molar-refractivity contribution >= 4 is 5.97 Å². The highest BCUT2D eigenvalue weighted by Crippen LogP contribution is 2.22. The van der Waals surface area contributed by atoms with E-state index in [-0.39, 0.29) is 11.7 Å². The van der Waals surface area contributed by atoms with E-state index in [2.05, 4.69) is 6.92 Å². The van der Waals surface area contributed by atoms with Gasteiger partial charge in [0.15, 0.2) is 11.5 Å². The Morgan fingerprint density at radius 1 is 1.00 bits per heavy atom. The van der Waals surface area contributed by atoms with Crippen molar-refractivity contribution in [3.63, 3.8) is 0 Å². The van der Waals surface area contributed by atoms with Crippen LogP contribution in [0.3, 0.4) is 0 Å². The number of carboxylic acid groups (broad SMARTS) is 1. The minimum atomic E-state index is -1.18. The van der Waals surface area contributed by atoms with Crippen LogP contribution < -0.4 is 0 Å². The molecule has 144 valence electrons. The van der Waals surface area contributed by atoms with E-state index < -0.39 is 11.8 Å². The van der Waals surface area contributed by atoms with Gasteiger partial charge in [0.2, 0.25) is 0 Å². The minimum absolute atomic E-state index is 0.0494. The highest BCUT2D eigenvalue weighted by molar-refractivity contribution is 5.86. The third-order valence-electron chi connectivity index (χ3n) is 4.85. The maximum absolute atomic E-state index is 14.3. The lowest BCUT2D eigenvalue weighted by atomic mass is 10.0. The normalized spacial score (nSPS) is 11.4. The first-order valence-electron chi connectivity index (χ1n) is 10.1. The molecule has 0 atom stereocenters. The predicted octanol–water partition coefficient (Wildman–Crippen LogP) is 6.76. The van der Waals surface area contributed by atoms with E-state index in [1.54, 1.807) is 6.20 Å². The lowest BCUT2D eigenvalue weighted by molar-refractivity contribution is 0.0677. The van der Waals surface area contributed by atoms with Crippen molar-refractivity contribution in [3.8, 4) is 0 Å². The second kappa shape index (κ2) is 12.1. The molecule has 3 nitrogen and oxygen atoms in total. The van der Waals surface area contributed by atoms with Gasteiger partial charge in [-0.05, 0) is 26.7 Å². The number of aromatic nitrogens is 1. The number of hydrogen-bond acceptors (Lipinski definition) is 1. The van der Waals surface area contributed by atoms with Gasteiger partial charge in [0.05, 0.1) is 0 Å². The Labute approximate surface area is 152 Å². The molecule has 1 N–H and O–H groups in total. The average Bonchev–Trinajstić information content (AvgIpc) is 2.90. The van der Waals surface area contributed by atoms with E-state index in [1.807, 2.05) is 13.8 Å². The fourth-order valence-electron chi connectivity index (χ4n) is 3.32. The number of aryl methyl sites for hydroxylation is 1. The molecule has 4 heteroatoms. The number of unbranched alkanes of at least 4 members (excludes halogenated alkanes) is 10. The van der Waals surface area contributed by atoms with Crippen molar-refractivity contribution in [2.75, 3.05) is 0 Å². The van der Waals surface area contributed by atoms with Crippen LogP contribution in [0.5, 0.6) is 0 Å². The Bertz CT molecular complexity index is 508. The number of halogens is 1. The summed E-state index contributed by atoms with van der Waals surface area (Å²) in [5.41, 5.74) is 0.343. The van der Waals surface area contributed by atoms with Crippen LogP contribution in [-0.2, 0) is 6.42 Å². The molecular formula is C21H36FNO2. The highest BCUT2D eigenvalue weighted by Gasteiger charge is 2.22. The highest BCUT2D eigenvalue weighted by atomic mass is 19.1. The molecule has 0 aliphatic heterocycles. The van der Waals surface area contributed by atoms with Gasteiger partial charge in [-0.25, -0.2) is 9.18 Å². The molecule has 0 radical (unpaired) electrons. The molecule has 0 fully saturated rings.